The molecule has 0 saturated carbocycles. The van der Waals surface area contributed by atoms with Gasteiger partial charge in [0.15, 0.2) is 0 Å². The Morgan fingerprint density at radius 3 is 2.50 bits per heavy atom. The molecule has 0 bridgehead atoms. The van der Waals surface area contributed by atoms with Crippen LogP contribution < -0.4 is 4.74 Å². The van der Waals surface area contributed by atoms with Crippen LogP contribution in [0.5, 0.6) is 5.75 Å². The molecule has 1 aliphatic rings. The molecule has 0 N–H and O–H groups in total. The van der Waals surface area contributed by atoms with Crippen LogP contribution in [0.4, 0.5) is 13.2 Å². The van der Waals surface area contributed by atoms with Gasteiger partial charge in [0.25, 0.3) is 0 Å². The summed E-state index contributed by atoms with van der Waals surface area (Å²) < 4.78 is 47.8. The van der Waals surface area contributed by atoms with Crippen molar-refractivity contribution >= 4 is 5.97 Å². The zero-order valence-corrected chi connectivity index (χ0v) is 11.3. The second-order valence-corrected chi connectivity index (χ2v) is 4.88. The van der Waals surface area contributed by atoms with Crippen molar-refractivity contribution < 1.29 is 27.4 Å². The van der Waals surface area contributed by atoms with E-state index in [1.54, 1.807) is 18.2 Å². The number of carbonyl (C=O) groups is 1. The first-order valence-corrected chi connectivity index (χ1v) is 6.52. The average molecular weight is 308 g/mol. The molecule has 3 rings (SSSR count). The number of carbonyl (C=O) groups excluding carboxylic acids is 1. The predicted molar refractivity (Wildman–Crippen MR) is 71.3 cm³/mol. The van der Waals surface area contributed by atoms with E-state index in [4.69, 9.17) is 9.47 Å². The molecule has 0 spiro atoms. The Balaban J connectivity index is 1.67. The number of cyclic esters (lactones) is 1. The van der Waals surface area contributed by atoms with Gasteiger partial charge in [0, 0.05) is 5.56 Å². The highest BCUT2D eigenvalue weighted by Crippen LogP contribution is 2.29. The Morgan fingerprint density at radius 2 is 1.82 bits per heavy atom. The van der Waals surface area contributed by atoms with Gasteiger partial charge in [-0.05, 0) is 35.9 Å². The number of hydrogen-bond donors (Lipinski definition) is 0. The monoisotopic (exact) mass is 308 g/mol. The van der Waals surface area contributed by atoms with Crippen molar-refractivity contribution in [2.24, 2.45) is 0 Å². The molecule has 0 aliphatic carbocycles. The summed E-state index contributed by atoms with van der Waals surface area (Å²) >= 11 is 0. The number of halogens is 3. The third kappa shape index (κ3) is 2.90. The summed E-state index contributed by atoms with van der Waals surface area (Å²) in [5.41, 5.74) is 1.20. The third-order valence-corrected chi connectivity index (χ3v) is 3.34. The van der Waals surface area contributed by atoms with Crippen molar-refractivity contribution in [1.82, 2.24) is 0 Å². The molecule has 0 amide bonds. The Morgan fingerprint density at radius 1 is 1.09 bits per heavy atom. The summed E-state index contributed by atoms with van der Waals surface area (Å²) in [7, 11) is 0. The Hall–Kier alpha value is -2.50. The lowest BCUT2D eigenvalue weighted by Crippen LogP contribution is -2.05. The van der Waals surface area contributed by atoms with Gasteiger partial charge in [0.05, 0.1) is 11.1 Å². The number of rotatable bonds is 3. The largest absolute Gasteiger partial charge is 0.489 e. The van der Waals surface area contributed by atoms with Crippen LogP contribution in [0, 0.1) is 0 Å². The minimum Gasteiger partial charge on any atom is -0.489 e. The number of esters is 1. The van der Waals surface area contributed by atoms with E-state index in [1.165, 1.54) is 12.1 Å². The highest BCUT2D eigenvalue weighted by atomic mass is 19.4. The van der Waals surface area contributed by atoms with Crippen LogP contribution in [-0.4, -0.2) is 5.97 Å². The normalized spacial score (nSPS) is 13.7. The molecule has 0 aromatic heterocycles. The molecule has 1 aliphatic heterocycles. The first-order valence-electron chi connectivity index (χ1n) is 6.52. The van der Waals surface area contributed by atoms with Crippen molar-refractivity contribution in [3.63, 3.8) is 0 Å². The molecule has 22 heavy (non-hydrogen) atoms. The van der Waals surface area contributed by atoms with Crippen LogP contribution in [0.25, 0.3) is 0 Å². The zero-order valence-electron chi connectivity index (χ0n) is 11.3. The fourth-order valence-corrected chi connectivity index (χ4v) is 2.16. The number of alkyl halides is 3. The van der Waals surface area contributed by atoms with E-state index in [9.17, 15) is 18.0 Å². The summed E-state index contributed by atoms with van der Waals surface area (Å²) in [6.45, 7) is 0.359. The molecule has 6 heteroatoms. The number of ether oxygens (including phenoxy) is 2. The van der Waals surface area contributed by atoms with Gasteiger partial charge in [0.2, 0.25) is 0 Å². The standard InChI is InChI=1S/C16H11F3O3/c17-16(18,19)12-3-1-10(2-4-12)8-21-13-5-6-14-11(7-13)9-22-15(14)20/h1-7H,8-9H2. The van der Waals surface area contributed by atoms with Gasteiger partial charge < -0.3 is 9.47 Å². The van der Waals surface area contributed by atoms with E-state index < -0.39 is 11.7 Å². The number of fused-ring (bicyclic) bond motifs is 1. The molecule has 1 heterocycles. The fraction of sp³-hybridized carbons (Fsp3) is 0.188. The maximum atomic E-state index is 12.5. The SMILES string of the molecule is O=C1OCc2cc(OCc3ccc(C(F)(F)F)cc3)ccc21. The van der Waals surface area contributed by atoms with Crippen LogP contribution in [0.15, 0.2) is 42.5 Å². The van der Waals surface area contributed by atoms with Crippen molar-refractivity contribution in [2.75, 3.05) is 0 Å². The lowest BCUT2D eigenvalue weighted by molar-refractivity contribution is -0.137. The number of hydrogen-bond acceptors (Lipinski definition) is 3. The molecule has 0 unspecified atom stereocenters. The van der Waals surface area contributed by atoms with Crippen LogP contribution in [0.2, 0.25) is 0 Å². The minimum atomic E-state index is -4.34. The quantitative estimate of drug-likeness (QED) is 0.805. The maximum absolute atomic E-state index is 12.5. The summed E-state index contributed by atoms with van der Waals surface area (Å²) in [4.78, 5) is 11.3. The van der Waals surface area contributed by atoms with E-state index in [2.05, 4.69) is 0 Å². The second kappa shape index (κ2) is 5.36. The minimum absolute atomic E-state index is 0.145. The van der Waals surface area contributed by atoms with E-state index in [1.807, 2.05) is 0 Å². The maximum Gasteiger partial charge on any atom is 0.416 e. The first kappa shape index (κ1) is 14.4. The fourth-order valence-electron chi connectivity index (χ4n) is 2.16. The molecule has 0 saturated heterocycles. The van der Waals surface area contributed by atoms with Crippen molar-refractivity contribution in [1.29, 1.82) is 0 Å². The summed E-state index contributed by atoms with van der Waals surface area (Å²) in [5, 5.41) is 0. The first-order chi connectivity index (χ1) is 10.4. The molecule has 3 nitrogen and oxygen atoms in total. The van der Waals surface area contributed by atoms with Gasteiger partial charge in [-0.1, -0.05) is 12.1 Å². The molecule has 0 radical (unpaired) electrons. The molecule has 0 atom stereocenters. The van der Waals surface area contributed by atoms with Crippen LogP contribution >= 0.6 is 0 Å². The number of benzene rings is 2. The van der Waals surface area contributed by atoms with Gasteiger partial charge >= 0.3 is 12.1 Å². The van der Waals surface area contributed by atoms with E-state index in [-0.39, 0.29) is 19.2 Å². The Kier molecular flexibility index (Phi) is 3.52. The molecular formula is C16H11F3O3. The van der Waals surface area contributed by atoms with Gasteiger partial charge in [0.1, 0.15) is 19.0 Å². The highest BCUT2D eigenvalue weighted by molar-refractivity contribution is 5.93. The molecule has 2 aromatic rings. The lowest BCUT2D eigenvalue weighted by Gasteiger charge is -2.09. The molecule has 0 fully saturated rings. The molecule has 114 valence electrons. The van der Waals surface area contributed by atoms with Gasteiger partial charge in [-0.3, -0.25) is 0 Å². The summed E-state index contributed by atoms with van der Waals surface area (Å²) in [6.07, 6.45) is -4.34. The Bertz CT molecular complexity index is 706. The topological polar surface area (TPSA) is 35.5 Å². The van der Waals surface area contributed by atoms with Gasteiger partial charge in [-0.2, -0.15) is 13.2 Å². The van der Waals surface area contributed by atoms with Gasteiger partial charge in [-0.25, -0.2) is 4.79 Å². The second-order valence-electron chi connectivity index (χ2n) is 4.88. The smallest absolute Gasteiger partial charge is 0.416 e. The molecule has 2 aromatic carbocycles. The van der Waals surface area contributed by atoms with Crippen LogP contribution in [0.3, 0.4) is 0 Å². The van der Waals surface area contributed by atoms with Gasteiger partial charge in [-0.15, -0.1) is 0 Å². The highest BCUT2D eigenvalue weighted by Gasteiger charge is 2.29. The third-order valence-electron chi connectivity index (χ3n) is 3.34. The summed E-state index contributed by atoms with van der Waals surface area (Å²) in [5.74, 6) is 0.182. The van der Waals surface area contributed by atoms with Crippen LogP contribution in [-0.2, 0) is 24.1 Å². The van der Waals surface area contributed by atoms with Crippen molar-refractivity contribution in [3.05, 3.63) is 64.7 Å². The average Bonchev–Trinajstić information content (AvgIpc) is 2.86. The predicted octanol–water partition coefficient (Wildman–Crippen LogP) is 3.95. The summed E-state index contributed by atoms with van der Waals surface area (Å²) in [6, 6.07) is 9.75. The molecular weight excluding hydrogens is 297 g/mol. The van der Waals surface area contributed by atoms with E-state index in [0.717, 1.165) is 17.7 Å². The Labute approximate surface area is 124 Å². The van der Waals surface area contributed by atoms with E-state index in [0.29, 0.717) is 16.9 Å². The van der Waals surface area contributed by atoms with E-state index >= 15 is 0 Å². The van der Waals surface area contributed by atoms with Crippen molar-refractivity contribution in [2.45, 2.75) is 19.4 Å². The van der Waals surface area contributed by atoms with Crippen LogP contribution in [0.1, 0.15) is 27.0 Å². The lowest BCUT2D eigenvalue weighted by atomic mass is 10.1. The van der Waals surface area contributed by atoms with Crippen molar-refractivity contribution in [3.8, 4) is 5.75 Å². The zero-order chi connectivity index (χ0) is 15.7.